The topological polar surface area (TPSA) is 54.5 Å². The number of hydrogen-bond donors (Lipinski definition) is 1. The van der Waals surface area contributed by atoms with Gasteiger partial charge in [0.2, 0.25) is 5.91 Å². The SMILES string of the molecule is CC(C)N(Cc1ccccc1)c1ccc(NC(=O)C2CCOCC2)cn1. The van der Waals surface area contributed by atoms with E-state index in [0.29, 0.717) is 19.3 Å². The van der Waals surface area contributed by atoms with Gasteiger partial charge in [-0.2, -0.15) is 0 Å². The number of ether oxygens (including phenoxy) is 1. The first-order valence-corrected chi connectivity index (χ1v) is 9.28. The van der Waals surface area contributed by atoms with Crippen LogP contribution in [0.5, 0.6) is 0 Å². The maximum Gasteiger partial charge on any atom is 0.227 e. The van der Waals surface area contributed by atoms with Gasteiger partial charge < -0.3 is 15.0 Å². The van der Waals surface area contributed by atoms with Crippen molar-refractivity contribution >= 4 is 17.4 Å². The lowest BCUT2D eigenvalue weighted by Crippen LogP contribution is -2.31. The maximum atomic E-state index is 12.3. The minimum atomic E-state index is 0.0358. The zero-order valence-electron chi connectivity index (χ0n) is 15.5. The Morgan fingerprint density at radius 2 is 1.92 bits per heavy atom. The van der Waals surface area contributed by atoms with E-state index in [4.69, 9.17) is 4.74 Å². The number of rotatable bonds is 6. The number of carbonyl (C=O) groups is 1. The summed E-state index contributed by atoms with van der Waals surface area (Å²) in [5.41, 5.74) is 1.99. The highest BCUT2D eigenvalue weighted by molar-refractivity contribution is 5.92. The monoisotopic (exact) mass is 353 g/mol. The smallest absolute Gasteiger partial charge is 0.227 e. The number of benzene rings is 1. The molecular formula is C21H27N3O2. The summed E-state index contributed by atoms with van der Waals surface area (Å²) in [6, 6.07) is 14.6. The number of pyridine rings is 1. The second kappa shape index (κ2) is 8.81. The molecule has 138 valence electrons. The highest BCUT2D eigenvalue weighted by Gasteiger charge is 2.21. The summed E-state index contributed by atoms with van der Waals surface area (Å²) >= 11 is 0. The zero-order chi connectivity index (χ0) is 18.4. The van der Waals surface area contributed by atoms with Gasteiger partial charge in [-0.05, 0) is 44.4 Å². The van der Waals surface area contributed by atoms with Crippen molar-refractivity contribution in [2.45, 2.75) is 39.3 Å². The average Bonchev–Trinajstić information content (AvgIpc) is 2.68. The van der Waals surface area contributed by atoms with E-state index in [2.05, 4.69) is 53.3 Å². The average molecular weight is 353 g/mol. The molecule has 1 N–H and O–H groups in total. The van der Waals surface area contributed by atoms with Gasteiger partial charge in [0.1, 0.15) is 5.82 Å². The largest absolute Gasteiger partial charge is 0.381 e. The van der Waals surface area contributed by atoms with E-state index in [-0.39, 0.29) is 11.8 Å². The van der Waals surface area contributed by atoms with Crippen molar-refractivity contribution in [2.75, 3.05) is 23.4 Å². The van der Waals surface area contributed by atoms with Crippen LogP contribution in [0.3, 0.4) is 0 Å². The fraction of sp³-hybridized carbons (Fsp3) is 0.429. The van der Waals surface area contributed by atoms with Crippen molar-refractivity contribution in [3.8, 4) is 0 Å². The molecule has 0 saturated carbocycles. The second-order valence-electron chi connectivity index (χ2n) is 6.99. The van der Waals surface area contributed by atoms with Crippen LogP contribution >= 0.6 is 0 Å². The predicted molar refractivity (Wildman–Crippen MR) is 104 cm³/mol. The van der Waals surface area contributed by atoms with Crippen LogP contribution in [0.4, 0.5) is 11.5 Å². The summed E-state index contributed by atoms with van der Waals surface area (Å²) in [5.74, 6) is 1.01. The molecule has 5 nitrogen and oxygen atoms in total. The summed E-state index contributed by atoms with van der Waals surface area (Å²) in [6.07, 6.45) is 3.32. The number of carbonyl (C=O) groups excluding carboxylic acids is 1. The van der Waals surface area contributed by atoms with E-state index in [1.165, 1.54) is 5.56 Å². The Bertz CT molecular complexity index is 695. The lowest BCUT2D eigenvalue weighted by molar-refractivity contribution is -0.122. The molecule has 1 fully saturated rings. The van der Waals surface area contributed by atoms with Crippen LogP contribution in [0.15, 0.2) is 48.7 Å². The molecule has 0 unspecified atom stereocenters. The number of nitrogens with zero attached hydrogens (tertiary/aromatic N) is 2. The first-order chi connectivity index (χ1) is 12.6. The third-order valence-electron chi connectivity index (χ3n) is 4.72. The van der Waals surface area contributed by atoms with Crippen LogP contribution in [0, 0.1) is 5.92 Å². The molecular weight excluding hydrogens is 326 g/mol. The van der Waals surface area contributed by atoms with Gasteiger partial charge in [-0.15, -0.1) is 0 Å². The standard InChI is InChI=1S/C21H27N3O2/c1-16(2)24(15-17-6-4-3-5-7-17)20-9-8-19(14-22-20)23-21(25)18-10-12-26-13-11-18/h3-9,14,16,18H,10-13,15H2,1-2H3,(H,23,25). The Morgan fingerprint density at radius 1 is 1.19 bits per heavy atom. The van der Waals surface area contributed by atoms with Gasteiger partial charge in [-0.3, -0.25) is 4.79 Å². The molecule has 5 heteroatoms. The number of hydrogen-bond acceptors (Lipinski definition) is 4. The second-order valence-corrected chi connectivity index (χ2v) is 6.99. The molecule has 0 aliphatic carbocycles. The first kappa shape index (κ1) is 18.4. The van der Waals surface area contributed by atoms with Crippen molar-refractivity contribution in [2.24, 2.45) is 5.92 Å². The molecule has 3 rings (SSSR count). The quantitative estimate of drug-likeness (QED) is 0.857. The van der Waals surface area contributed by atoms with Crippen LogP contribution in [0.1, 0.15) is 32.3 Å². The fourth-order valence-corrected chi connectivity index (χ4v) is 3.14. The molecule has 1 aromatic carbocycles. The summed E-state index contributed by atoms with van der Waals surface area (Å²) in [7, 11) is 0. The first-order valence-electron chi connectivity index (χ1n) is 9.28. The van der Waals surface area contributed by atoms with E-state index in [1.807, 2.05) is 18.2 Å². The zero-order valence-corrected chi connectivity index (χ0v) is 15.5. The third kappa shape index (κ3) is 4.82. The van der Waals surface area contributed by atoms with Gasteiger partial charge in [-0.1, -0.05) is 30.3 Å². The summed E-state index contributed by atoms with van der Waals surface area (Å²) < 4.78 is 5.32. The van der Waals surface area contributed by atoms with E-state index in [1.54, 1.807) is 6.20 Å². The minimum absolute atomic E-state index is 0.0358. The highest BCUT2D eigenvalue weighted by Crippen LogP contribution is 2.21. The Balaban J connectivity index is 1.65. The Morgan fingerprint density at radius 3 is 2.54 bits per heavy atom. The maximum absolute atomic E-state index is 12.3. The van der Waals surface area contributed by atoms with Gasteiger partial charge in [-0.25, -0.2) is 4.98 Å². The number of amides is 1. The summed E-state index contributed by atoms with van der Waals surface area (Å²) in [5, 5.41) is 2.98. The Labute approximate surface area is 155 Å². The van der Waals surface area contributed by atoms with Gasteiger partial charge in [0.15, 0.2) is 0 Å². The molecule has 1 aliphatic rings. The minimum Gasteiger partial charge on any atom is -0.381 e. The van der Waals surface area contributed by atoms with Crippen molar-refractivity contribution in [3.63, 3.8) is 0 Å². The van der Waals surface area contributed by atoms with E-state index >= 15 is 0 Å². The highest BCUT2D eigenvalue weighted by atomic mass is 16.5. The summed E-state index contributed by atoms with van der Waals surface area (Å²) in [6.45, 7) is 6.45. The molecule has 26 heavy (non-hydrogen) atoms. The van der Waals surface area contributed by atoms with Gasteiger partial charge in [0.05, 0.1) is 11.9 Å². The number of anilines is 2. The van der Waals surface area contributed by atoms with Crippen molar-refractivity contribution in [3.05, 3.63) is 54.2 Å². The number of nitrogens with one attached hydrogen (secondary N) is 1. The molecule has 2 aromatic rings. The Kier molecular flexibility index (Phi) is 6.23. The van der Waals surface area contributed by atoms with Crippen LogP contribution in [0.2, 0.25) is 0 Å². The van der Waals surface area contributed by atoms with Crippen molar-refractivity contribution in [1.29, 1.82) is 0 Å². The molecule has 0 radical (unpaired) electrons. The normalized spacial score (nSPS) is 15.0. The molecule has 0 atom stereocenters. The lowest BCUT2D eigenvalue weighted by Gasteiger charge is -2.28. The van der Waals surface area contributed by atoms with Crippen LogP contribution < -0.4 is 10.2 Å². The lowest BCUT2D eigenvalue weighted by atomic mass is 9.99. The van der Waals surface area contributed by atoms with E-state index in [9.17, 15) is 4.79 Å². The number of aromatic nitrogens is 1. The molecule has 0 spiro atoms. The van der Waals surface area contributed by atoms with Crippen LogP contribution in [0.25, 0.3) is 0 Å². The van der Waals surface area contributed by atoms with Crippen LogP contribution in [-0.4, -0.2) is 30.1 Å². The molecule has 1 amide bonds. The van der Waals surface area contributed by atoms with Gasteiger partial charge in [0.25, 0.3) is 0 Å². The predicted octanol–water partition coefficient (Wildman–Crippen LogP) is 3.86. The molecule has 0 bridgehead atoms. The molecule has 1 saturated heterocycles. The van der Waals surface area contributed by atoms with E-state index < -0.39 is 0 Å². The van der Waals surface area contributed by atoms with Gasteiger partial charge in [0, 0.05) is 31.7 Å². The molecule has 1 aromatic heterocycles. The van der Waals surface area contributed by atoms with Crippen LogP contribution in [-0.2, 0) is 16.1 Å². The van der Waals surface area contributed by atoms with Gasteiger partial charge >= 0.3 is 0 Å². The molecule has 1 aliphatic heterocycles. The van der Waals surface area contributed by atoms with E-state index in [0.717, 1.165) is 30.9 Å². The summed E-state index contributed by atoms with van der Waals surface area (Å²) in [4.78, 5) is 19.2. The fourth-order valence-electron chi connectivity index (χ4n) is 3.14. The van der Waals surface area contributed by atoms with Crippen molar-refractivity contribution in [1.82, 2.24) is 4.98 Å². The van der Waals surface area contributed by atoms with Crippen molar-refractivity contribution < 1.29 is 9.53 Å². The molecule has 2 heterocycles. The third-order valence-corrected chi connectivity index (χ3v) is 4.72. The Hall–Kier alpha value is -2.40.